The van der Waals surface area contributed by atoms with Gasteiger partial charge in [-0.15, -0.1) is 0 Å². The molecule has 1 fully saturated rings. The molecule has 0 aromatic heterocycles. The van der Waals surface area contributed by atoms with E-state index in [1.54, 1.807) is 0 Å². The molecule has 1 unspecified atom stereocenters. The molecule has 19 heavy (non-hydrogen) atoms. The Hall–Kier alpha value is -1.02. The third kappa shape index (κ3) is 5.65. The van der Waals surface area contributed by atoms with E-state index >= 15 is 0 Å². The summed E-state index contributed by atoms with van der Waals surface area (Å²) in [5.41, 5.74) is 1.41. The highest BCUT2D eigenvalue weighted by atomic mass is 16.5. The van der Waals surface area contributed by atoms with E-state index < -0.39 is 0 Å². The van der Waals surface area contributed by atoms with Crippen LogP contribution < -0.4 is 10.1 Å². The Balaban J connectivity index is 1.68. The lowest BCUT2D eigenvalue weighted by Crippen LogP contribution is -2.27. The second kappa shape index (κ2) is 7.54. The standard InChI is InChI=1S/C17H27NO/c1-3-12-18-14(2)4-5-15-8-10-17(11-9-15)19-13-16-6-7-16/h8-11,14,16,18H,3-7,12-13H2,1-2H3. The second-order valence-electron chi connectivity index (χ2n) is 5.79. The van der Waals surface area contributed by atoms with Gasteiger partial charge in [-0.25, -0.2) is 0 Å². The highest BCUT2D eigenvalue weighted by Gasteiger charge is 2.21. The normalized spacial score (nSPS) is 16.3. The first kappa shape index (κ1) is 14.4. The van der Waals surface area contributed by atoms with Gasteiger partial charge in [0.15, 0.2) is 0 Å². The molecule has 2 rings (SSSR count). The molecule has 2 nitrogen and oxygen atoms in total. The Kier molecular flexibility index (Phi) is 5.71. The lowest BCUT2D eigenvalue weighted by molar-refractivity contribution is 0.299. The Bertz CT molecular complexity index is 356. The predicted octanol–water partition coefficient (Wildman–Crippen LogP) is 3.80. The minimum atomic E-state index is 0.603. The molecule has 106 valence electrons. The minimum absolute atomic E-state index is 0.603. The van der Waals surface area contributed by atoms with Crippen LogP contribution in [0.3, 0.4) is 0 Å². The molecule has 0 amide bonds. The van der Waals surface area contributed by atoms with Gasteiger partial charge in [0.05, 0.1) is 6.61 Å². The number of hydrogen-bond donors (Lipinski definition) is 1. The SMILES string of the molecule is CCCNC(C)CCc1ccc(OCC2CC2)cc1. The first-order valence-corrected chi connectivity index (χ1v) is 7.73. The maximum absolute atomic E-state index is 5.75. The summed E-state index contributed by atoms with van der Waals surface area (Å²) >= 11 is 0. The van der Waals surface area contributed by atoms with Crippen molar-refractivity contribution in [2.45, 2.75) is 52.0 Å². The molecule has 1 atom stereocenters. The summed E-state index contributed by atoms with van der Waals surface area (Å²) in [6.07, 6.45) is 6.24. The van der Waals surface area contributed by atoms with Crippen LogP contribution in [0.25, 0.3) is 0 Å². The summed E-state index contributed by atoms with van der Waals surface area (Å²) in [7, 11) is 0. The van der Waals surface area contributed by atoms with Crippen LogP contribution in [0.2, 0.25) is 0 Å². The molecule has 1 aliphatic rings. The Morgan fingerprint density at radius 3 is 2.63 bits per heavy atom. The molecule has 0 radical (unpaired) electrons. The minimum Gasteiger partial charge on any atom is -0.493 e. The summed E-state index contributed by atoms with van der Waals surface area (Å²) in [5, 5.41) is 3.53. The van der Waals surface area contributed by atoms with Crippen LogP contribution in [0, 0.1) is 5.92 Å². The lowest BCUT2D eigenvalue weighted by atomic mass is 10.1. The highest BCUT2D eigenvalue weighted by molar-refractivity contribution is 5.27. The first-order chi connectivity index (χ1) is 9.28. The van der Waals surface area contributed by atoms with E-state index in [0.717, 1.165) is 31.2 Å². The van der Waals surface area contributed by atoms with Crippen LogP contribution in [0.4, 0.5) is 0 Å². The quantitative estimate of drug-likeness (QED) is 0.730. The number of benzene rings is 1. The molecule has 0 spiro atoms. The van der Waals surface area contributed by atoms with Crippen molar-refractivity contribution < 1.29 is 4.74 Å². The molecule has 1 aromatic rings. The molecule has 0 heterocycles. The smallest absolute Gasteiger partial charge is 0.119 e. The Morgan fingerprint density at radius 1 is 1.26 bits per heavy atom. The predicted molar refractivity (Wildman–Crippen MR) is 80.7 cm³/mol. The van der Waals surface area contributed by atoms with Crippen molar-refractivity contribution in [2.24, 2.45) is 5.92 Å². The summed E-state index contributed by atoms with van der Waals surface area (Å²) < 4.78 is 5.75. The van der Waals surface area contributed by atoms with Crippen LogP contribution in [0.15, 0.2) is 24.3 Å². The molecule has 1 N–H and O–H groups in total. The second-order valence-corrected chi connectivity index (χ2v) is 5.79. The summed E-state index contributed by atoms with van der Waals surface area (Å²) in [5.74, 6) is 1.85. The van der Waals surface area contributed by atoms with Crippen molar-refractivity contribution >= 4 is 0 Å². The van der Waals surface area contributed by atoms with E-state index in [1.807, 2.05) is 0 Å². The van der Waals surface area contributed by atoms with Crippen LogP contribution in [0.5, 0.6) is 5.75 Å². The van der Waals surface area contributed by atoms with Gasteiger partial charge in [0.1, 0.15) is 5.75 Å². The average Bonchev–Trinajstić information content (AvgIpc) is 3.26. The number of rotatable bonds is 9. The van der Waals surface area contributed by atoms with Gasteiger partial charge in [-0.2, -0.15) is 0 Å². The lowest BCUT2D eigenvalue weighted by Gasteiger charge is -2.13. The summed E-state index contributed by atoms with van der Waals surface area (Å²) in [4.78, 5) is 0. The van der Waals surface area contributed by atoms with Gasteiger partial charge in [0.2, 0.25) is 0 Å². The number of hydrogen-bond acceptors (Lipinski definition) is 2. The van der Waals surface area contributed by atoms with Crippen molar-refractivity contribution in [3.63, 3.8) is 0 Å². The maximum Gasteiger partial charge on any atom is 0.119 e. The Labute approximate surface area is 117 Å². The Morgan fingerprint density at radius 2 is 2.00 bits per heavy atom. The fourth-order valence-electron chi connectivity index (χ4n) is 2.13. The van der Waals surface area contributed by atoms with Crippen molar-refractivity contribution in [2.75, 3.05) is 13.2 Å². The maximum atomic E-state index is 5.75. The topological polar surface area (TPSA) is 21.3 Å². The third-order valence-electron chi connectivity index (χ3n) is 3.71. The number of nitrogens with one attached hydrogen (secondary N) is 1. The van der Waals surface area contributed by atoms with Gasteiger partial charge in [-0.05, 0) is 69.2 Å². The van der Waals surface area contributed by atoms with E-state index in [2.05, 4.69) is 43.4 Å². The number of ether oxygens (including phenoxy) is 1. The zero-order valence-corrected chi connectivity index (χ0v) is 12.3. The van der Waals surface area contributed by atoms with Gasteiger partial charge in [-0.1, -0.05) is 19.1 Å². The fraction of sp³-hybridized carbons (Fsp3) is 0.647. The van der Waals surface area contributed by atoms with Crippen LogP contribution in [-0.4, -0.2) is 19.2 Å². The van der Waals surface area contributed by atoms with E-state index in [0.29, 0.717) is 6.04 Å². The fourth-order valence-corrected chi connectivity index (χ4v) is 2.13. The van der Waals surface area contributed by atoms with Gasteiger partial charge in [0, 0.05) is 6.04 Å². The van der Waals surface area contributed by atoms with Crippen molar-refractivity contribution in [3.05, 3.63) is 29.8 Å². The molecule has 1 saturated carbocycles. The van der Waals surface area contributed by atoms with E-state index in [1.165, 1.54) is 31.2 Å². The molecular formula is C17H27NO. The zero-order chi connectivity index (χ0) is 13.5. The van der Waals surface area contributed by atoms with Crippen molar-refractivity contribution in [1.82, 2.24) is 5.32 Å². The molecule has 2 heteroatoms. The van der Waals surface area contributed by atoms with E-state index in [4.69, 9.17) is 4.74 Å². The molecule has 0 aliphatic heterocycles. The first-order valence-electron chi connectivity index (χ1n) is 7.73. The van der Waals surface area contributed by atoms with Crippen LogP contribution in [-0.2, 0) is 6.42 Å². The van der Waals surface area contributed by atoms with Gasteiger partial charge in [0.25, 0.3) is 0 Å². The van der Waals surface area contributed by atoms with E-state index in [-0.39, 0.29) is 0 Å². The summed E-state index contributed by atoms with van der Waals surface area (Å²) in [6, 6.07) is 9.23. The molecule has 1 aromatic carbocycles. The van der Waals surface area contributed by atoms with Crippen LogP contribution in [0.1, 0.15) is 45.1 Å². The van der Waals surface area contributed by atoms with Crippen LogP contribution >= 0.6 is 0 Å². The largest absolute Gasteiger partial charge is 0.493 e. The van der Waals surface area contributed by atoms with Gasteiger partial charge < -0.3 is 10.1 Å². The van der Waals surface area contributed by atoms with Crippen molar-refractivity contribution in [1.29, 1.82) is 0 Å². The number of aryl methyl sites for hydroxylation is 1. The molecule has 1 aliphatic carbocycles. The molecular weight excluding hydrogens is 234 g/mol. The third-order valence-corrected chi connectivity index (χ3v) is 3.71. The highest BCUT2D eigenvalue weighted by Crippen LogP contribution is 2.29. The monoisotopic (exact) mass is 261 g/mol. The average molecular weight is 261 g/mol. The van der Waals surface area contributed by atoms with Gasteiger partial charge in [-0.3, -0.25) is 0 Å². The van der Waals surface area contributed by atoms with Crippen molar-refractivity contribution in [3.8, 4) is 5.75 Å². The zero-order valence-electron chi connectivity index (χ0n) is 12.3. The van der Waals surface area contributed by atoms with E-state index in [9.17, 15) is 0 Å². The van der Waals surface area contributed by atoms with Gasteiger partial charge >= 0.3 is 0 Å². The molecule has 0 saturated heterocycles. The summed E-state index contributed by atoms with van der Waals surface area (Å²) in [6.45, 7) is 6.50. The molecule has 0 bridgehead atoms.